The highest BCUT2D eigenvalue weighted by Gasteiger charge is 2.16. The standard InChI is InChI=1S/C18H16ClN5O4/c1-12(10-23-11-15(8-21-23)24(26)27)18(25)22-20-9-16-5-6-17(28-16)13-3-2-4-14(19)7-13/h2-9,11-12H,10H2,1H3,(H,22,25)/b20-9-/t12-/m1/s1. The van der Waals surface area contributed by atoms with Crippen LogP contribution in [0.4, 0.5) is 5.69 Å². The zero-order valence-electron chi connectivity index (χ0n) is 14.8. The Morgan fingerprint density at radius 2 is 2.29 bits per heavy atom. The molecule has 0 aliphatic rings. The number of carbonyl (C=O) groups excluding carboxylic acids is 1. The molecule has 10 heteroatoms. The molecule has 2 aromatic heterocycles. The number of hydrogen-bond donors (Lipinski definition) is 1. The molecule has 3 aromatic rings. The van der Waals surface area contributed by atoms with Crippen molar-refractivity contribution >= 4 is 29.4 Å². The number of carbonyl (C=O) groups is 1. The van der Waals surface area contributed by atoms with Gasteiger partial charge in [-0.25, -0.2) is 5.43 Å². The molecule has 144 valence electrons. The number of nitro groups is 1. The molecule has 0 unspecified atom stereocenters. The van der Waals surface area contributed by atoms with Gasteiger partial charge >= 0.3 is 5.69 Å². The maximum Gasteiger partial charge on any atom is 0.306 e. The summed E-state index contributed by atoms with van der Waals surface area (Å²) in [5, 5.41) is 19.0. The van der Waals surface area contributed by atoms with Crippen LogP contribution in [0.1, 0.15) is 12.7 Å². The third-order valence-corrected chi connectivity index (χ3v) is 4.08. The Balaban J connectivity index is 1.55. The Bertz CT molecular complexity index is 1030. The average molecular weight is 402 g/mol. The first kappa shape index (κ1) is 19.3. The van der Waals surface area contributed by atoms with E-state index in [2.05, 4.69) is 15.6 Å². The number of rotatable bonds is 7. The highest BCUT2D eigenvalue weighted by atomic mass is 35.5. The third kappa shape index (κ3) is 4.83. The molecule has 28 heavy (non-hydrogen) atoms. The maximum absolute atomic E-state index is 12.1. The molecule has 0 saturated heterocycles. The van der Waals surface area contributed by atoms with Crippen LogP contribution in [0.15, 0.2) is 58.3 Å². The van der Waals surface area contributed by atoms with E-state index in [4.69, 9.17) is 16.0 Å². The first-order chi connectivity index (χ1) is 13.4. The highest BCUT2D eigenvalue weighted by Crippen LogP contribution is 2.24. The van der Waals surface area contributed by atoms with Gasteiger partial charge < -0.3 is 4.42 Å². The first-order valence-electron chi connectivity index (χ1n) is 8.28. The number of benzene rings is 1. The van der Waals surface area contributed by atoms with Crippen molar-refractivity contribution in [3.63, 3.8) is 0 Å². The van der Waals surface area contributed by atoms with Crippen LogP contribution < -0.4 is 5.43 Å². The largest absolute Gasteiger partial charge is 0.455 e. The van der Waals surface area contributed by atoms with Crippen molar-refractivity contribution in [2.24, 2.45) is 11.0 Å². The average Bonchev–Trinajstić information content (AvgIpc) is 3.31. The van der Waals surface area contributed by atoms with Crippen molar-refractivity contribution in [3.05, 3.63) is 69.7 Å². The van der Waals surface area contributed by atoms with Crippen molar-refractivity contribution in [2.75, 3.05) is 0 Å². The van der Waals surface area contributed by atoms with Crippen LogP contribution in [-0.2, 0) is 11.3 Å². The predicted octanol–water partition coefficient (Wildman–Crippen LogP) is 3.49. The topological polar surface area (TPSA) is 116 Å². The lowest BCUT2D eigenvalue weighted by molar-refractivity contribution is -0.385. The Morgan fingerprint density at radius 3 is 3.00 bits per heavy atom. The predicted molar refractivity (Wildman–Crippen MR) is 103 cm³/mol. The lowest BCUT2D eigenvalue weighted by Gasteiger charge is -2.08. The fourth-order valence-corrected chi connectivity index (χ4v) is 2.59. The van der Waals surface area contributed by atoms with Gasteiger partial charge in [-0.3, -0.25) is 19.6 Å². The van der Waals surface area contributed by atoms with E-state index in [1.54, 1.807) is 31.2 Å². The van der Waals surface area contributed by atoms with E-state index in [9.17, 15) is 14.9 Å². The van der Waals surface area contributed by atoms with E-state index >= 15 is 0 Å². The highest BCUT2D eigenvalue weighted by molar-refractivity contribution is 6.30. The van der Waals surface area contributed by atoms with E-state index in [-0.39, 0.29) is 18.1 Å². The maximum atomic E-state index is 12.1. The van der Waals surface area contributed by atoms with Crippen LogP contribution >= 0.6 is 11.6 Å². The second-order valence-electron chi connectivity index (χ2n) is 6.03. The number of nitrogens with one attached hydrogen (secondary N) is 1. The minimum absolute atomic E-state index is 0.126. The molecular weight excluding hydrogens is 386 g/mol. The minimum Gasteiger partial charge on any atom is -0.455 e. The van der Waals surface area contributed by atoms with E-state index in [1.807, 2.05) is 12.1 Å². The molecule has 1 amide bonds. The van der Waals surface area contributed by atoms with E-state index < -0.39 is 10.8 Å². The summed E-state index contributed by atoms with van der Waals surface area (Å²) in [5.41, 5.74) is 3.12. The molecule has 0 aliphatic carbocycles. The minimum atomic E-state index is -0.542. The molecule has 1 aromatic carbocycles. The van der Waals surface area contributed by atoms with Crippen molar-refractivity contribution in [1.82, 2.24) is 15.2 Å². The van der Waals surface area contributed by atoms with Crippen LogP contribution in [0, 0.1) is 16.0 Å². The van der Waals surface area contributed by atoms with Gasteiger partial charge in [0.05, 0.1) is 23.6 Å². The van der Waals surface area contributed by atoms with Crippen molar-refractivity contribution < 1.29 is 14.1 Å². The number of hydrazone groups is 1. The molecule has 1 atom stereocenters. The SMILES string of the molecule is C[C@H](Cn1cc([N+](=O)[O-])cn1)C(=O)N/N=C\c1ccc(-c2cccc(Cl)c2)o1. The van der Waals surface area contributed by atoms with Gasteiger partial charge in [-0.1, -0.05) is 30.7 Å². The number of amides is 1. The Kier molecular flexibility index (Phi) is 5.85. The third-order valence-electron chi connectivity index (χ3n) is 3.84. The van der Waals surface area contributed by atoms with Crippen LogP contribution in [0.25, 0.3) is 11.3 Å². The molecule has 0 bridgehead atoms. The lowest BCUT2D eigenvalue weighted by atomic mass is 10.2. The van der Waals surface area contributed by atoms with Gasteiger partial charge in [0.15, 0.2) is 0 Å². The summed E-state index contributed by atoms with van der Waals surface area (Å²) in [6.07, 6.45) is 3.79. The quantitative estimate of drug-likeness (QED) is 0.369. The Labute approximate surface area is 164 Å². The summed E-state index contributed by atoms with van der Waals surface area (Å²) in [4.78, 5) is 22.2. The van der Waals surface area contributed by atoms with Gasteiger partial charge in [0.25, 0.3) is 0 Å². The zero-order chi connectivity index (χ0) is 20.1. The van der Waals surface area contributed by atoms with E-state index in [0.29, 0.717) is 16.5 Å². The molecule has 1 N–H and O–H groups in total. The van der Waals surface area contributed by atoms with Crippen molar-refractivity contribution in [3.8, 4) is 11.3 Å². The second-order valence-corrected chi connectivity index (χ2v) is 6.46. The van der Waals surface area contributed by atoms with Crippen LogP contribution in [0.5, 0.6) is 0 Å². The summed E-state index contributed by atoms with van der Waals surface area (Å²) in [7, 11) is 0. The summed E-state index contributed by atoms with van der Waals surface area (Å²) in [6, 6.07) is 10.7. The van der Waals surface area contributed by atoms with Crippen LogP contribution in [-0.4, -0.2) is 26.8 Å². The van der Waals surface area contributed by atoms with Gasteiger partial charge in [0.2, 0.25) is 5.91 Å². The van der Waals surface area contributed by atoms with Gasteiger partial charge in [-0.15, -0.1) is 0 Å². The number of aromatic nitrogens is 2. The molecular formula is C18H16ClN5O4. The lowest BCUT2D eigenvalue weighted by Crippen LogP contribution is -2.28. The fourth-order valence-electron chi connectivity index (χ4n) is 2.40. The van der Waals surface area contributed by atoms with Crippen molar-refractivity contribution in [1.29, 1.82) is 0 Å². The summed E-state index contributed by atoms with van der Waals surface area (Å²) >= 11 is 5.97. The normalized spacial score (nSPS) is 12.2. The fraction of sp³-hybridized carbons (Fsp3) is 0.167. The molecule has 0 saturated carbocycles. The Morgan fingerprint density at radius 1 is 1.46 bits per heavy atom. The van der Waals surface area contributed by atoms with Crippen molar-refractivity contribution in [2.45, 2.75) is 13.5 Å². The molecule has 2 heterocycles. The van der Waals surface area contributed by atoms with Gasteiger partial charge in [0, 0.05) is 10.6 Å². The summed E-state index contributed by atoms with van der Waals surface area (Å²) in [5.74, 6) is 0.251. The summed E-state index contributed by atoms with van der Waals surface area (Å²) < 4.78 is 6.99. The number of nitrogens with zero attached hydrogens (tertiary/aromatic N) is 4. The van der Waals surface area contributed by atoms with E-state index in [0.717, 1.165) is 11.8 Å². The first-order valence-corrected chi connectivity index (χ1v) is 8.65. The molecule has 0 aliphatic heterocycles. The van der Waals surface area contributed by atoms with E-state index in [1.165, 1.54) is 17.1 Å². The van der Waals surface area contributed by atoms with Gasteiger partial charge in [0.1, 0.15) is 23.9 Å². The van der Waals surface area contributed by atoms with Crippen LogP contribution in [0.2, 0.25) is 5.02 Å². The molecule has 9 nitrogen and oxygen atoms in total. The number of hydrogen-bond acceptors (Lipinski definition) is 6. The molecule has 0 fully saturated rings. The van der Waals surface area contributed by atoms with Crippen LogP contribution in [0.3, 0.4) is 0 Å². The summed E-state index contributed by atoms with van der Waals surface area (Å²) in [6.45, 7) is 1.86. The van der Waals surface area contributed by atoms with Gasteiger partial charge in [-0.05, 0) is 24.3 Å². The second kappa shape index (κ2) is 8.49. The van der Waals surface area contributed by atoms with Gasteiger partial charge in [-0.2, -0.15) is 10.2 Å². The number of furan rings is 1. The molecule has 0 spiro atoms. The Hall–Kier alpha value is -3.46. The number of halogens is 1. The smallest absolute Gasteiger partial charge is 0.306 e. The molecule has 0 radical (unpaired) electrons. The zero-order valence-corrected chi connectivity index (χ0v) is 15.5. The monoisotopic (exact) mass is 401 g/mol. The molecule has 3 rings (SSSR count).